The van der Waals surface area contributed by atoms with E-state index in [-0.39, 0.29) is 17.9 Å². The second kappa shape index (κ2) is 10.2. The number of carbonyl (C=O) groups is 2. The summed E-state index contributed by atoms with van der Waals surface area (Å²) in [5.74, 6) is 1.23. The quantitative estimate of drug-likeness (QED) is 0.677. The van der Waals surface area contributed by atoms with Gasteiger partial charge in [0.05, 0.1) is 18.8 Å². The monoisotopic (exact) mass is 442 g/mol. The summed E-state index contributed by atoms with van der Waals surface area (Å²) in [4.78, 5) is 28.4. The van der Waals surface area contributed by atoms with Gasteiger partial charge in [-0.25, -0.2) is 5.01 Å². The van der Waals surface area contributed by atoms with E-state index in [9.17, 15) is 9.59 Å². The molecule has 0 radical (unpaired) electrons. The lowest BCUT2D eigenvalue weighted by atomic mass is 9.98. The van der Waals surface area contributed by atoms with Crippen LogP contribution in [0, 0.1) is 5.92 Å². The summed E-state index contributed by atoms with van der Waals surface area (Å²) in [6.45, 7) is 4.76. The third kappa shape index (κ3) is 5.43. The average molecular weight is 443 g/mol. The second-order valence-electron chi connectivity index (χ2n) is 8.30. The van der Waals surface area contributed by atoms with Gasteiger partial charge in [0, 0.05) is 30.8 Å². The fourth-order valence-corrected chi connectivity index (χ4v) is 5.14. The molecule has 1 saturated heterocycles. The van der Waals surface area contributed by atoms with Crippen LogP contribution in [0.3, 0.4) is 0 Å². The number of thiophene rings is 1. The van der Waals surface area contributed by atoms with Crippen LogP contribution in [0.1, 0.15) is 55.7 Å². The molecule has 0 spiro atoms. The zero-order valence-corrected chi connectivity index (χ0v) is 18.8. The molecule has 2 amide bonds. The Morgan fingerprint density at radius 3 is 2.97 bits per heavy atom. The number of rotatable bonds is 8. The Bertz CT molecular complexity index is 894. The molecule has 2 aliphatic heterocycles. The Kier molecular flexibility index (Phi) is 7.19. The topological polar surface area (TPSA) is 78.2 Å². The molecule has 4 heterocycles. The van der Waals surface area contributed by atoms with Gasteiger partial charge < -0.3 is 9.73 Å². The predicted molar refractivity (Wildman–Crippen MR) is 121 cm³/mol. The van der Waals surface area contributed by atoms with Crippen LogP contribution in [-0.4, -0.2) is 53.6 Å². The van der Waals surface area contributed by atoms with Crippen molar-refractivity contribution >= 4 is 28.9 Å². The Hall–Kier alpha value is -2.45. The van der Waals surface area contributed by atoms with Crippen LogP contribution in [0.25, 0.3) is 0 Å². The molecule has 2 aromatic heterocycles. The summed E-state index contributed by atoms with van der Waals surface area (Å²) in [6, 6.07) is 7.72. The van der Waals surface area contributed by atoms with Gasteiger partial charge in [-0.1, -0.05) is 13.0 Å². The van der Waals surface area contributed by atoms with Crippen LogP contribution < -0.4 is 5.32 Å². The van der Waals surface area contributed by atoms with Gasteiger partial charge in [-0.3, -0.25) is 14.5 Å². The van der Waals surface area contributed by atoms with Crippen molar-refractivity contribution in [2.75, 3.05) is 26.2 Å². The number of likely N-dealkylation sites (tertiary alicyclic amines) is 1. The first-order valence-electron chi connectivity index (χ1n) is 11.1. The Morgan fingerprint density at radius 1 is 1.32 bits per heavy atom. The highest BCUT2D eigenvalue weighted by molar-refractivity contribution is 7.10. The minimum Gasteiger partial charge on any atom is -0.463 e. The first kappa shape index (κ1) is 21.8. The highest BCUT2D eigenvalue weighted by Gasteiger charge is 2.35. The third-order valence-electron chi connectivity index (χ3n) is 5.87. The van der Waals surface area contributed by atoms with E-state index >= 15 is 0 Å². The molecule has 2 unspecified atom stereocenters. The highest BCUT2D eigenvalue weighted by atomic mass is 32.1. The number of furan rings is 1. The van der Waals surface area contributed by atoms with Crippen molar-refractivity contribution < 1.29 is 14.0 Å². The molecule has 7 nitrogen and oxygen atoms in total. The number of hydrogen-bond acceptors (Lipinski definition) is 6. The van der Waals surface area contributed by atoms with Gasteiger partial charge in [0.2, 0.25) is 5.91 Å². The molecule has 2 aromatic rings. The van der Waals surface area contributed by atoms with Crippen LogP contribution in [0.4, 0.5) is 0 Å². The number of hydrogen-bond donors (Lipinski definition) is 1. The summed E-state index contributed by atoms with van der Waals surface area (Å²) in [6.07, 6.45) is 5.85. The summed E-state index contributed by atoms with van der Waals surface area (Å²) in [5.41, 5.74) is 0.812. The van der Waals surface area contributed by atoms with Gasteiger partial charge in [0.15, 0.2) is 0 Å². The molecule has 166 valence electrons. The predicted octanol–water partition coefficient (Wildman–Crippen LogP) is 3.65. The lowest BCUT2D eigenvalue weighted by Crippen LogP contribution is -2.45. The van der Waals surface area contributed by atoms with Crippen LogP contribution in [0.5, 0.6) is 0 Å². The van der Waals surface area contributed by atoms with Crippen LogP contribution >= 0.6 is 11.3 Å². The molecule has 1 N–H and O–H groups in total. The molecule has 4 rings (SSSR count). The average Bonchev–Trinajstić information content (AvgIpc) is 3.53. The smallest absolute Gasteiger partial charge is 0.257 e. The number of nitrogens with zero attached hydrogens (tertiary/aromatic N) is 3. The van der Waals surface area contributed by atoms with Crippen molar-refractivity contribution in [2.45, 2.75) is 45.1 Å². The summed E-state index contributed by atoms with van der Waals surface area (Å²) in [5, 5.41) is 11.4. The molecule has 0 bridgehead atoms. The van der Waals surface area contributed by atoms with E-state index in [4.69, 9.17) is 4.42 Å². The van der Waals surface area contributed by atoms with Crippen molar-refractivity contribution in [3.63, 3.8) is 0 Å². The van der Waals surface area contributed by atoms with Crippen LogP contribution in [-0.2, 0) is 9.59 Å². The van der Waals surface area contributed by atoms with Gasteiger partial charge in [0.25, 0.3) is 5.91 Å². The van der Waals surface area contributed by atoms with Gasteiger partial charge in [-0.15, -0.1) is 11.3 Å². The maximum atomic E-state index is 13.3. The van der Waals surface area contributed by atoms with Gasteiger partial charge >= 0.3 is 0 Å². The summed E-state index contributed by atoms with van der Waals surface area (Å²) in [7, 11) is 0. The summed E-state index contributed by atoms with van der Waals surface area (Å²) >= 11 is 1.65. The molecule has 2 aliphatic rings. The second-order valence-corrected chi connectivity index (χ2v) is 9.27. The number of carbonyl (C=O) groups excluding carboxylic acids is 2. The number of piperidine rings is 1. The SMILES string of the molecule is CCCC(=O)NCC1CCCN(CC(=O)N2N=C(c3ccco3)CC2c2cccs2)C1. The highest BCUT2D eigenvalue weighted by Crippen LogP contribution is 2.35. The van der Waals surface area contributed by atoms with Crippen molar-refractivity contribution in [1.29, 1.82) is 0 Å². The largest absolute Gasteiger partial charge is 0.463 e. The maximum Gasteiger partial charge on any atom is 0.257 e. The lowest BCUT2D eigenvalue weighted by Gasteiger charge is -2.33. The van der Waals surface area contributed by atoms with E-state index in [2.05, 4.69) is 21.4 Å². The number of nitrogens with one attached hydrogen (secondary N) is 1. The van der Waals surface area contributed by atoms with Gasteiger partial charge in [-0.2, -0.15) is 5.10 Å². The fraction of sp³-hybridized carbons (Fsp3) is 0.522. The molecule has 2 atom stereocenters. The standard InChI is InChI=1S/C23H30N4O3S/c1-2-6-22(28)24-14-17-7-3-10-26(15-17)16-23(29)27-19(21-9-5-12-31-21)13-18(25-27)20-8-4-11-30-20/h4-5,8-9,11-12,17,19H,2-3,6-7,10,13-16H2,1H3,(H,24,28). The zero-order chi connectivity index (χ0) is 21.6. The van der Waals surface area contributed by atoms with E-state index in [0.717, 1.165) is 48.7 Å². The van der Waals surface area contributed by atoms with E-state index in [1.165, 1.54) is 0 Å². The molecule has 1 fully saturated rings. The minimum atomic E-state index is -0.0819. The van der Waals surface area contributed by atoms with Crippen LogP contribution in [0.15, 0.2) is 45.4 Å². The van der Waals surface area contributed by atoms with E-state index < -0.39 is 0 Å². The minimum absolute atomic E-state index is 0.00984. The normalized spacial score (nSPS) is 21.8. The number of hydrazone groups is 1. The lowest BCUT2D eigenvalue weighted by molar-refractivity contribution is -0.134. The zero-order valence-electron chi connectivity index (χ0n) is 18.0. The Balaban J connectivity index is 1.39. The van der Waals surface area contributed by atoms with Crippen molar-refractivity contribution in [2.24, 2.45) is 11.0 Å². The van der Waals surface area contributed by atoms with E-state index in [0.29, 0.717) is 31.8 Å². The molecule has 8 heteroatoms. The maximum absolute atomic E-state index is 13.3. The van der Waals surface area contributed by atoms with Crippen molar-refractivity contribution in [3.8, 4) is 0 Å². The van der Waals surface area contributed by atoms with Crippen molar-refractivity contribution in [1.82, 2.24) is 15.2 Å². The summed E-state index contributed by atoms with van der Waals surface area (Å²) < 4.78 is 5.53. The molecular weight excluding hydrogens is 412 g/mol. The van der Waals surface area contributed by atoms with Crippen molar-refractivity contribution in [3.05, 3.63) is 46.5 Å². The molecule has 0 aliphatic carbocycles. The van der Waals surface area contributed by atoms with Crippen LogP contribution in [0.2, 0.25) is 0 Å². The Morgan fingerprint density at radius 2 is 2.23 bits per heavy atom. The molecule has 31 heavy (non-hydrogen) atoms. The number of amides is 2. The molecule has 0 aromatic carbocycles. The molecule has 0 saturated carbocycles. The third-order valence-corrected chi connectivity index (χ3v) is 6.84. The van der Waals surface area contributed by atoms with E-state index in [1.54, 1.807) is 22.6 Å². The Labute approximate surface area is 187 Å². The van der Waals surface area contributed by atoms with Gasteiger partial charge in [0.1, 0.15) is 11.5 Å². The van der Waals surface area contributed by atoms with Gasteiger partial charge in [-0.05, 0) is 55.3 Å². The fourth-order valence-electron chi connectivity index (χ4n) is 4.33. The van der Waals surface area contributed by atoms with E-state index in [1.807, 2.05) is 30.5 Å². The first-order valence-corrected chi connectivity index (χ1v) is 12.0. The first-order chi connectivity index (χ1) is 15.1. The molecular formula is C23H30N4O3S.